The predicted molar refractivity (Wildman–Crippen MR) is 61.2 cm³/mol. The smallest absolute Gasteiger partial charge is 0.409 e. The zero-order valence-corrected chi connectivity index (χ0v) is 9.75. The predicted octanol–water partition coefficient (Wildman–Crippen LogP) is 3.83. The minimum Gasteiger partial charge on any atom is -0.465 e. The summed E-state index contributed by atoms with van der Waals surface area (Å²) < 4.78 is 13.9. The number of thiazole rings is 1. The zero-order chi connectivity index (χ0) is 11.9. The normalized spacial score (nSPS) is 10.7. The van der Waals surface area contributed by atoms with E-state index in [1.165, 1.54) is 0 Å². The van der Waals surface area contributed by atoms with Crippen LogP contribution in [-0.4, -0.2) is 16.2 Å². The number of anilines is 1. The summed E-state index contributed by atoms with van der Waals surface area (Å²) in [4.78, 5) is 14.4. The summed E-state index contributed by atoms with van der Waals surface area (Å²) in [6, 6.07) is 0.991. The Morgan fingerprint density at radius 2 is 2.25 bits per heavy atom. The van der Waals surface area contributed by atoms with E-state index in [2.05, 4.69) is 4.98 Å². The van der Waals surface area contributed by atoms with Gasteiger partial charge in [-0.25, -0.2) is 14.2 Å². The first-order valence-corrected chi connectivity index (χ1v) is 5.50. The molecule has 0 bridgehead atoms. The van der Waals surface area contributed by atoms with E-state index < -0.39 is 11.9 Å². The number of aromatic nitrogens is 1. The van der Waals surface area contributed by atoms with E-state index in [9.17, 15) is 9.18 Å². The molecule has 84 valence electrons. The van der Waals surface area contributed by atoms with Crippen LogP contribution >= 0.6 is 34.5 Å². The SMILES string of the molecule is O=C(O)Nc1c(F)cc(Cl)c2nc(Cl)sc12. The van der Waals surface area contributed by atoms with E-state index in [4.69, 9.17) is 28.3 Å². The molecule has 0 fully saturated rings. The standard InChI is InChI=1S/C8H3Cl2FN2O2S/c9-2-1-3(11)5(13-8(14)15)6-4(2)12-7(10)16-6/h1,13H,(H,14,15). The number of nitrogens with one attached hydrogen (secondary N) is 1. The van der Waals surface area contributed by atoms with Crippen molar-refractivity contribution >= 4 is 56.5 Å². The van der Waals surface area contributed by atoms with Gasteiger partial charge in [-0.1, -0.05) is 23.2 Å². The zero-order valence-electron chi connectivity index (χ0n) is 7.42. The Balaban J connectivity index is 2.75. The highest BCUT2D eigenvalue weighted by Crippen LogP contribution is 2.37. The summed E-state index contributed by atoms with van der Waals surface area (Å²) in [7, 11) is 0. The van der Waals surface area contributed by atoms with Gasteiger partial charge in [0, 0.05) is 0 Å². The Morgan fingerprint density at radius 3 is 2.88 bits per heavy atom. The van der Waals surface area contributed by atoms with Crippen molar-refractivity contribution in [3.8, 4) is 0 Å². The molecule has 1 aromatic carbocycles. The number of nitrogens with zero attached hydrogens (tertiary/aromatic N) is 1. The maximum atomic E-state index is 13.5. The second-order valence-electron chi connectivity index (χ2n) is 2.79. The maximum absolute atomic E-state index is 13.5. The number of amides is 1. The molecular weight excluding hydrogens is 278 g/mol. The van der Waals surface area contributed by atoms with Crippen molar-refractivity contribution < 1.29 is 14.3 Å². The second kappa shape index (κ2) is 4.04. The molecule has 0 radical (unpaired) electrons. The summed E-state index contributed by atoms with van der Waals surface area (Å²) in [5.74, 6) is -0.764. The van der Waals surface area contributed by atoms with Crippen molar-refractivity contribution in [2.45, 2.75) is 0 Å². The van der Waals surface area contributed by atoms with Gasteiger partial charge in [-0.2, -0.15) is 0 Å². The lowest BCUT2D eigenvalue weighted by Crippen LogP contribution is -2.08. The highest BCUT2D eigenvalue weighted by molar-refractivity contribution is 7.22. The molecule has 1 heterocycles. The fraction of sp³-hybridized carbons (Fsp3) is 0. The van der Waals surface area contributed by atoms with Crippen LogP contribution in [0.25, 0.3) is 10.2 Å². The van der Waals surface area contributed by atoms with Crippen molar-refractivity contribution in [3.63, 3.8) is 0 Å². The fourth-order valence-corrected chi connectivity index (χ4v) is 2.62. The molecule has 0 unspecified atom stereocenters. The van der Waals surface area contributed by atoms with Gasteiger partial charge in [0.25, 0.3) is 0 Å². The van der Waals surface area contributed by atoms with Crippen LogP contribution in [0.1, 0.15) is 0 Å². The molecule has 8 heteroatoms. The van der Waals surface area contributed by atoms with Gasteiger partial charge in [0.2, 0.25) is 0 Å². The number of benzene rings is 1. The summed E-state index contributed by atoms with van der Waals surface area (Å²) in [6.45, 7) is 0. The van der Waals surface area contributed by atoms with Gasteiger partial charge in [0.15, 0.2) is 4.47 Å². The van der Waals surface area contributed by atoms with Crippen molar-refractivity contribution in [1.29, 1.82) is 0 Å². The first-order valence-electron chi connectivity index (χ1n) is 3.93. The summed E-state index contributed by atoms with van der Waals surface area (Å²) in [5, 5.41) is 10.6. The van der Waals surface area contributed by atoms with Crippen LogP contribution < -0.4 is 5.32 Å². The third-order valence-corrected chi connectivity index (χ3v) is 3.24. The summed E-state index contributed by atoms with van der Waals surface area (Å²) in [6.07, 6.45) is -1.37. The van der Waals surface area contributed by atoms with Gasteiger partial charge in [-0.3, -0.25) is 5.32 Å². The maximum Gasteiger partial charge on any atom is 0.409 e. The Labute approximate surface area is 103 Å². The molecular formula is C8H3Cl2FN2O2S. The molecule has 1 aromatic heterocycles. The third-order valence-electron chi connectivity index (χ3n) is 1.78. The van der Waals surface area contributed by atoms with Gasteiger partial charge in [0.1, 0.15) is 11.3 Å². The minimum absolute atomic E-state index is 0.0894. The number of rotatable bonds is 1. The average Bonchev–Trinajstić information content (AvgIpc) is 2.54. The third kappa shape index (κ3) is 1.91. The van der Waals surface area contributed by atoms with Gasteiger partial charge in [-0.15, -0.1) is 11.3 Å². The largest absolute Gasteiger partial charge is 0.465 e. The number of carbonyl (C=O) groups is 1. The number of hydrogen-bond acceptors (Lipinski definition) is 3. The van der Waals surface area contributed by atoms with Crippen LogP contribution in [0.2, 0.25) is 9.49 Å². The molecule has 2 rings (SSSR count). The Kier molecular flexibility index (Phi) is 2.88. The van der Waals surface area contributed by atoms with Crippen molar-refractivity contribution in [2.75, 3.05) is 5.32 Å². The first kappa shape index (κ1) is 11.4. The molecule has 2 N–H and O–H groups in total. The topological polar surface area (TPSA) is 62.2 Å². The molecule has 2 aromatic rings. The van der Waals surface area contributed by atoms with Crippen molar-refractivity contribution in [1.82, 2.24) is 4.98 Å². The van der Waals surface area contributed by atoms with Gasteiger partial charge < -0.3 is 5.11 Å². The number of carboxylic acid groups (broad SMARTS) is 1. The van der Waals surface area contributed by atoms with Crippen LogP contribution in [-0.2, 0) is 0 Å². The number of hydrogen-bond donors (Lipinski definition) is 2. The monoisotopic (exact) mass is 280 g/mol. The van der Waals surface area contributed by atoms with E-state index in [1.54, 1.807) is 0 Å². The molecule has 0 saturated carbocycles. The van der Waals surface area contributed by atoms with E-state index in [1.807, 2.05) is 5.32 Å². The highest BCUT2D eigenvalue weighted by atomic mass is 35.5. The van der Waals surface area contributed by atoms with Gasteiger partial charge >= 0.3 is 6.09 Å². The molecule has 0 aliphatic carbocycles. The van der Waals surface area contributed by atoms with E-state index >= 15 is 0 Å². The molecule has 0 aliphatic heterocycles. The van der Waals surface area contributed by atoms with Crippen LogP contribution in [0, 0.1) is 5.82 Å². The van der Waals surface area contributed by atoms with E-state index in [0.717, 1.165) is 17.4 Å². The van der Waals surface area contributed by atoms with Crippen LogP contribution in [0.5, 0.6) is 0 Å². The molecule has 0 aliphatic rings. The fourth-order valence-electron chi connectivity index (χ4n) is 1.21. The molecule has 16 heavy (non-hydrogen) atoms. The quantitative estimate of drug-likeness (QED) is 0.834. The highest BCUT2D eigenvalue weighted by Gasteiger charge is 2.17. The summed E-state index contributed by atoms with van der Waals surface area (Å²) >= 11 is 12.4. The minimum atomic E-state index is -1.37. The lowest BCUT2D eigenvalue weighted by atomic mass is 10.3. The average molecular weight is 281 g/mol. The van der Waals surface area contributed by atoms with Crippen molar-refractivity contribution in [2.24, 2.45) is 0 Å². The number of fused-ring (bicyclic) bond motifs is 1. The van der Waals surface area contributed by atoms with Crippen molar-refractivity contribution in [3.05, 3.63) is 21.4 Å². The van der Waals surface area contributed by atoms with Crippen LogP contribution in [0.15, 0.2) is 6.07 Å². The van der Waals surface area contributed by atoms with Crippen LogP contribution in [0.4, 0.5) is 14.9 Å². The van der Waals surface area contributed by atoms with Gasteiger partial charge in [0.05, 0.1) is 15.4 Å². The number of halogens is 3. The molecule has 0 saturated heterocycles. The van der Waals surface area contributed by atoms with Crippen LogP contribution in [0.3, 0.4) is 0 Å². The molecule has 0 spiro atoms. The Hall–Kier alpha value is -1.11. The summed E-state index contributed by atoms with van der Waals surface area (Å²) in [5.41, 5.74) is 0.0955. The Morgan fingerprint density at radius 1 is 1.56 bits per heavy atom. The Bertz CT molecular complexity index is 587. The van der Waals surface area contributed by atoms with E-state index in [-0.39, 0.29) is 25.4 Å². The first-order chi connectivity index (χ1) is 7.49. The van der Waals surface area contributed by atoms with Gasteiger partial charge in [-0.05, 0) is 6.07 Å². The molecule has 0 atom stereocenters. The second-order valence-corrected chi connectivity index (χ2v) is 4.78. The lowest BCUT2D eigenvalue weighted by molar-refractivity contribution is 0.209. The molecule has 4 nitrogen and oxygen atoms in total. The molecule has 1 amide bonds. The van der Waals surface area contributed by atoms with E-state index in [0.29, 0.717) is 0 Å². The lowest BCUT2D eigenvalue weighted by Gasteiger charge is -2.04.